The van der Waals surface area contributed by atoms with Gasteiger partial charge in [0.15, 0.2) is 6.10 Å². The topological polar surface area (TPSA) is 71.7 Å². The minimum atomic E-state index is -0.292. The molecular formula is C18H28N4O3. The van der Waals surface area contributed by atoms with Crippen molar-refractivity contribution in [3.63, 3.8) is 0 Å². The number of likely N-dealkylation sites (tertiary alicyclic amines) is 1. The number of amides is 1. The Morgan fingerprint density at radius 1 is 1.16 bits per heavy atom. The first-order valence-electron chi connectivity index (χ1n) is 9.71. The van der Waals surface area contributed by atoms with Gasteiger partial charge >= 0.3 is 0 Å². The summed E-state index contributed by atoms with van der Waals surface area (Å²) in [5.74, 6) is 1.51. The van der Waals surface area contributed by atoms with Crippen molar-refractivity contribution < 1.29 is 13.9 Å². The average Bonchev–Trinajstić information content (AvgIpc) is 3.11. The Morgan fingerprint density at radius 3 is 2.68 bits per heavy atom. The number of aromatic nitrogens is 2. The Bertz CT molecular complexity index is 593. The van der Waals surface area contributed by atoms with E-state index in [4.69, 9.17) is 9.15 Å². The summed E-state index contributed by atoms with van der Waals surface area (Å²) in [5, 5.41) is 8.07. The first-order chi connectivity index (χ1) is 12.2. The highest BCUT2D eigenvalue weighted by atomic mass is 16.5. The molecule has 3 fully saturated rings. The van der Waals surface area contributed by atoms with Gasteiger partial charge in [-0.05, 0) is 12.8 Å². The number of morpholine rings is 1. The average molecular weight is 348 g/mol. The van der Waals surface area contributed by atoms with Crippen LogP contribution in [0.2, 0.25) is 0 Å². The highest BCUT2D eigenvalue weighted by Gasteiger charge is 2.40. The third kappa shape index (κ3) is 3.58. The normalized spacial score (nSPS) is 26.6. The molecule has 0 aromatic carbocycles. The van der Waals surface area contributed by atoms with Crippen molar-refractivity contribution >= 4 is 5.91 Å². The van der Waals surface area contributed by atoms with Crippen molar-refractivity contribution in [3.8, 4) is 0 Å². The van der Waals surface area contributed by atoms with Crippen LogP contribution in [0.15, 0.2) is 4.42 Å². The molecule has 2 aliphatic heterocycles. The number of ether oxygens (including phenoxy) is 1. The lowest BCUT2D eigenvalue weighted by Crippen LogP contribution is -2.59. The molecule has 25 heavy (non-hydrogen) atoms. The number of aryl methyl sites for hydroxylation is 1. The summed E-state index contributed by atoms with van der Waals surface area (Å²) < 4.78 is 11.4. The molecule has 2 saturated heterocycles. The summed E-state index contributed by atoms with van der Waals surface area (Å²) in [7, 11) is 0. The SMILES string of the molecule is CCc1nnc(C2CN(C(=O)C3CN(C4CCCCC4)C3)CCO2)o1. The first-order valence-corrected chi connectivity index (χ1v) is 9.71. The molecule has 4 rings (SSSR count). The zero-order valence-electron chi connectivity index (χ0n) is 15.0. The smallest absolute Gasteiger partial charge is 0.247 e. The molecule has 1 saturated carbocycles. The Hall–Kier alpha value is -1.47. The lowest BCUT2D eigenvalue weighted by atomic mass is 9.88. The maximum Gasteiger partial charge on any atom is 0.247 e. The van der Waals surface area contributed by atoms with Crippen LogP contribution in [0.3, 0.4) is 0 Å². The highest BCUT2D eigenvalue weighted by Crippen LogP contribution is 2.30. The molecule has 3 aliphatic rings. The fourth-order valence-electron chi connectivity index (χ4n) is 4.21. The van der Waals surface area contributed by atoms with Gasteiger partial charge in [0.1, 0.15) is 0 Å². The number of hydrogen-bond acceptors (Lipinski definition) is 6. The fraction of sp³-hybridized carbons (Fsp3) is 0.833. The van der Waals surface area contributed by atoms with Crippen LogP contribution >= 0.6 is 0 Å². The van der Waals surface area contributed by atoms with Crippen LogP contribution in [0.25, 0.3) is 0 Å². The van der Waals surface area contributed by atoms with Crippen LogP contribution in [0.4, 0.5) is 0 Å². The number of hydrogen-bond donors (Lipinski definition) is 0. The van der Waals surface area contributed by atoms with Gasteiger partial charge in [-0.15, -0.1) is 10.2 Å². The molecule has 1 unspecified atom stereocenters. The Balaban J connectivity index is 1.30. The zero-order valence-corrected chi connectivity index (χ0v) is 15.0. The second-order valence-electron chi connectivity index (χ2n) is 7.47. The zero-order chi connectivity index (χ0) is 17.2. The van der Waals surface area contributed by atoms with E-state index in [1.807, 2.05) is 11.8 Å². The first kappa shape index (κ1) is 17.0. The Morgan fingerprint density at radius 2 is 1.96 bits per heavy atom. The lowest BCUT2D eigenvalue weighted by Gasteiger charge is -2.46. The van der Waals surface area contributed by atoms with E-state index in [2.05, 4.69) is 15.1 Å². The van der Waals surface area contributed by atoms with E-state index in [9.17, 15) is 4.79 Å². The van der Waals surface area contributed by atoms with Crippen molar-refractivity contribution in [2.75, 3.05) is 32.8 Å². The minimum Gasteiger partial charge on any atom is -0.422 e. The number of carbonyl (C=O) groups excluding carboxylic acids is 1. The van der Waals surface area contributed by atoms with Crippen molar-refractivity contribution in [3.05, 3.63) is 11.8 Å². The maximum atomic E-state index is 12.8. The molecule has 1 aromatic heterocycles. The van der Waals surface area contributed by atoms with Gasteiger partial charge in [0.05, 0.1) is 19.1 Å². The van der Waals surface area contributed by atoms with Crippen molar-refractivity contribution in [1.82, 2.24) is 20.0 Å². The molecule has 1 amide bonds. The quantitative estimate of drug-likeness (QED) is 0.826. The predicted molar refractivity (Wildman–Crippen MR) is 90.9 cm³/mol. The molecule has 7 nitrogen and oxygen atoms in total. The van der Waals surface area contributed by atoms with Gasteiger partial charge in [0.2, 0.25) is 17.7 Å². The fourth-order valence-corrected chi connectivity index (χ4v) is 4.21. The van der Waals surface area contributed by atoms with Crippen molar-refractivity contribution in [1.29, 1.82) is 0 Å². The molecule has 0 radical (unpaired) electrons. The summed E-state index contributed by atoms with van der Waals surface area (Å²) in [4.78, 5) is 17.3. The van der Waals surface area contributed by atoms with Gasteiger partial charge in [-0.3, -0.25) is 9.69 Å². The third-order valence-corrected chi connectivity index (χ3v) is 5.79. The summed E-state index contributed by atoms with van der Waals surface area (Å²) in [6.45, 7) is 5.52. The standard InChI is InChI=1S/C18H28N4O3/c1-2-16-19-20-17(25-16)15-12-21(8-9-24-15)18(23)13-10-22(11-13)14-6-4-3-5-7-14/h13-15H,2-12H2,1H3. The van der Waals surface area contributed by atoms with E-state index in [0.29, 0.717) is 43.9 Å². The second-order valence-corrected chi connectivity index (χ2v) is 7.47. The van der Waals surface area contributed by atoms with Gasteiger partial charge in [-0.25, -0.2) is 0 Å². The monoisotopic (exact) mass is 348 g/mol. The summed E-state index contributed by atoms with van der Waals surface area (Å²) in [6, 6.07) is 0.709. The van der Waals surface area contributed by atoms with E-state index in [1.54, 1.807) is 0 Å². The molecule has 0 N–H and O–H groups in total. The highest BCUT2D eigenvalue weighted by molar-refractivity contribution is 5.80. The van der Waals surface area contributed by atoms with E-state index in [0.717, 1.165) is 13.1 Å². The third-order valence-electron chi connectivity index (χ3n) is 5.79. The molecule has 1 aromatic rings. The van der Waals surface area contributed by atoms with E-state index >= 15 is 0 Å². The summed E-state index contributed by atoms with van der Waals surface area (Å²) in [5.41, 5.74) is 0. The molecular weight excluding hydrogens is 320 g/mol. The van der Waals surface area contributed by atoms with Crippen LogP contribution in [0.1, 0.15) is 56.9 Å². The maximum absolute atomic E-state index is 12.8. The number of rotatable bonds is 4. The van der Waals surface area contributed by atoms with Gasteiger partial charge in [-0.1, -0.05) is 26.2 Å². The van der Waals surface area contributed by atoms with E-state index in [-0.39, 0.29) is 17.9 Å². The van der Waals surface area contributed by atoms with Gasteiger partial charge < -0.3 is 14.1 Å². The molecule has 3 heterocycles. The van der Waals surface area contributed by atoms with Crippen molar-refractivity contribution in [2.45, 2.75) is 57.6 Å². The Labute approximate surface area is 148 Å². The summed E-state index contributed by atoms with van der Waals surface area (Å²) >= 11 is 0. The van der Waals surface area contributed by atoms with Crippen LogP contribution in [-0.2, 0) is 16.0 Å². The molecule has 0 spiro atoms. The van der Waals surface area contributed by atoms with E-state index in [1.165, 1.54) is 32.1 Å². The van der Waals surface area contributed by atoms with Gasteiger partial charge in [0, 0.05) is 32.1 Å². The van der Waals surface area contributed by atoms with Crippen LogP contribution < -0.4 is 0 Å². The predicted octanol–water partition coefficient (Wildman–Crippen LogP) is 1.80. The lowest BCUT2D eigenvalue weighted by molar-refractivity contribution is -0.151. The molecule has 0 bridgehead atoms. The largest absolute Gasteiger partial charge is 0.422 e. The van der Waals surface area contributed by atoms with Crippen LogP contribution in [0.5, 0.6) is 0 Å². The summed E-state index contributed by atoms with van der Waals surface area (Å²) in [6.07, 6.45) is 7.08. The molecule has 7 heteroatoms. The Kier molecular flexibility index (Phi) is 5.03. The number of nitrogens with zero attached hydrogens (tertiary/aromatic N) is 4. The molecule has 1 atom stereocenters. The minimum absolute atomic E-state index is 0.148. The van der Waals surface area contributed by atoms with Gasteiger partial charge in [-0.2, -0.15) is 0 Å². The van der Waals surface area contributed by atoms with E-state index < -0.39 is 0 Å². The number of carbonyl (C=O) groups is 1. The van der Waals surface area contributed by atoms with Crippen LogP contribution in [0, 0.1) is 5.92 Å². The van der Waals surface area contributed by atoms with Crippen molar-refractivity contribution in [2.24, 2.45) is 5.92 Å². The molecule has 1 aliphatic carbocycles. The molecule has 138 valence electrons. The van der Waals surface area contributed by atoms with Gasteiger partial charge in [0.25, 0.3) is 0 Å². The van der Waals surface area contributed by atoms with Crippen LogP contribution in [-0.4, -0.2) is 64.7 Å². The second kappa shape index (κ2) is 7.41.